The number of rotatable bonds is 2. The Hall–Kier alpha value is -1.91. The molecule has 1 heterocycles. The first-order valence-electron chi connectivity index (χ1n) is 8.28. The van der Waals surface area contributed by atoms with Crippen LogP contribution in [0.25, 0.3) is 0 Å². The Balaban J connectivity index is 1.64. The number of anilines is 2. The van der Waals surface area contributed by atoms with E-state index in [1.54, 1.807) is 23.1 Å². The van der Waals surface area contributed by atoms with Crippen molar-refractivity contribution in [3.05, 3.63) is 57.6 Å². The van der Waals surface area contributed by atoms with Gasteiger partial charge in [0.2, 0.25) is 0 Å². The van der Waals surface area contributed by atoms with Gasteiger partial charge in [-0.25, -0.2) is 4.79 Å². The van der Waals surface area contributed by atoms with Gasteiger partial charge in [0.05, 0.1) is 15.7 Å². The molecule has 4 nitrogen and oxygen atoms in total. The van der Waals surface area contributed by atoms with Crippen molar-refractivity contribution in [2.24, 2.45) is 0 Å². The first-order valence-corrected chi connectivity index (χ1v) is 9.03. The van der Waals surface area contributed by atoms with Crippen LogP contribution in [0.4, 0.5) is 16.2 Å². The number of hydrogen-bond donors (Lipinski definition) is 1. The molecular weight excluding hydrogens is 357 g/mol. The van der Waals surface area contributed by atoms with E-state index < -0.39 is 0 Å². The zero-order valence-corrected chi connectivity index (χ0v) is 15.9. The van der Waals surface area contributed by atoms with E-state index in [-0.39, 0.29) is 6.03 Å². The molecule has 3 rings (SSSR count). The van der Waals surface area contributed by atoms with Crippen LogP contribution in [0.15, 0.2) is 36.4 Å². The predicted molar refractivity (Wildman–Crippen MR) is 105 cm³/mol. The Kier molecular flexibility index (Phi) is 5.40. The van der Waals surface area contributed by atoms with Gasteiger partial charge >= 0.3 is 6.03 Å². The van der Waals surface area contributed by atoms with Gasteiger partial charge in [-0.1, -0.05) is 41.4 Å². The van der Waals surface area contributed by atoms with Crippen molar-refractivity contribution in [2.75, 3.05) is 36.4 Å². The molecule has 2 aromatic carbocycles. The summed E-state index contributed by atoms with van der Waals surface area (Å²) in [5.74, 6) is 0. The minimum atomic E-state index is -0.171. The van der Waals surface area contributed by atoms with E-state index in [0.717, 1.165) is 13.1 Å². The zero-order valence-electron chi connectivity index (χ0n) is 14.4. The molecule has 2 amide bonds. The van der Waals surface area contributed by atoms with Crippen LogP contribution in [0, 0.1) is 13.8 Å². The van der Waals surface area contributed by atoms with Gasteiger partial charge in [-0.05, 0) is 43.2 Å². The lowest BCUT2D eigenvalue weighted by Gasteiger charge is -2.37. The summed E-state index contributed by atoms with van der Waals surface area (Å²) in [5, 5.41) is 3.71. The van der Waals surface area contributed by atoms with E-state index in [4.69, 9.17) is 23.2 Å². The minimum absolute atomic E-state index is 0.171. The number of carbonyl (C=O) groups is 1. The molecule has 0 unspecified atom stereocenters. The number of para-hydroxylation sites is 1. The molecule has 0 saturated carbocycles. The van der Waals surface area contributed by atoms with Crippen LogP contribution in [0.5, 0.6) is 0 Å². The molecule has 1 saturated heterocycles. The van der Waals surface area contributed by atoms with Gasteiger partial charge in [-0.2, -0.15) is 0 Å². The van der Waals surface area contributed by atoms with Crippen molar-refractivity contribution in [3.63, 3.8) is 0 Å². The molecule has 25 heavy (non-hydrogen) atoms. The summed E-state index contributed by atoms with van der Waals surface area (Å²) in [6.07, 6.45) is 0. The number of aryl methyl sites for hydroxylation is 2. The monoisotopic (exact) mass is 377 g/mol. The number of hydrogen-bond acceptors (Lipinski definition) is 2. The molecule has 0 atom stereocenters. The van der Waals surface area contributed by atoms with Crippen LogP contribution in [0.2, 0.25) is 10.0 Å². The second kappa shape index (κ2) is 7.54. The number of urea groups is 1. The van der Waals surface area contributed by atoms with Gasteiger partial charge in [0.15, 0.2) is 0 Å². The third-order valence-corrected chi connectivity index (χ3v) is 5.10. The first-order chi connectivity index (χ1) is 12.0. The van der Waals surface area contributed by atoms with E-state index >= 15 is 0 Å². The van der Waals surface area contributed by atoms with E-state index in [1.807, 2.05) is 0 Å². The second-order valence-corrected chi connectivity index (χ2v) is 7.11. The van der Waals surface area contributed by atoms with Gasteiger partial charge in [-0.3, -0.25) is 0 Å². The number of carbonyl (C=O) groups excluding carboxylic acids is 1. The Morgan fingerprint density at radius 1 is 1.00 bits per heavy atom. The van der Waals surface area contributed by atoms with Gasteiger partial charge in [-0.15, -0.1) is 0 Å². The molecule has 0 bridgehead atoms. The highest BCUT2D eigenvalue weighted by Gasteiger charge is 2.23. The largest absolute Gasteiger partial charge is 0.368 e. The van der Waals surface area contributed by atoms with E-state index in [1.165, 1.54) is 16.8 Å². The predicted octanol–water partition coefficient (Wildman–Crippen LogP) is 4.96. The van der Waals surface area contributed by atoms with Crippen LogP contribution < -0.4 is 10.2 Å². The Bertz CT molecular complexity index is 766. The number of piperazine rings is 1. The average Bonchev–Trinajstić information content (AvgIpc) is 2.60. The van der Waals surface area contributed by atoms with Crippen molar-refractivity contribution in [1.82, 2.24) is 4.90 Å². The summed E-state index contributed by atoms with van der Waals surface area (Å²) < 4.78 is 0. The fourth-order valence-corrected chi connectivity index (χ4v) is 3.51. The SMILES string of the molecule is Cc1ccc(C)c(N2CCN(C(=O)Nc3c(Cl)cccc3Cl)CC2)c1. The molecule has 1 aliphatic rings. The number of nitrogens with one attached hydrogen (secondary N) is 1. The van der Waals surface area contributed by atoms with Crippen LogP contribution in [0.3, 0.4) is 0 Å². The standard InChI is InChI=1S/C19H21Cl2N3O/c1-13-6-7-14(2)17(12-13)23-8-10-24(11-9-23)19(25)22-18-15(20)4-3-5-16(18)21/h3-7,12H,8-11H2,1-2H3,(H,22,25). The maximum Gasteiger partial charge on any atom is 0.322 e. The van der Waals surface area contributed by atoms with Crippen molar-refractivity contribution in [3.8, 4) is 0 Å². The van der Waals surface area contributed by atoms with E-state index in [0.29, 0.717) is 28.8 Å². The second-order valence-electron chi connectivity index (χ2n) is 6.29. The Morgan fingerprint density at radius 2 is 1.64 bits per heavy atom. The quantitative estimate of drug-likeness (QED) is 0.801. The molecule has 6 heteroatoms. The zero-order chi connectivity index (χ0) is 18.0. The number of nitrogens with zero attached hydrogens (tertiary/aromatic N) is 2. The Morgan fingerprint density at radius 3 is 2.28 bits per heavy atom. The maximum atomic E-state index is 12.5. The van der Waals surface area contributed by atoms with E-state index in [2.05, 4.69) is 42.3 Å². The molecule has 1 aliphatic heterocycles. The summed E-state index contributed by atoms with van der Waals surface area (Å²) in [5.41, 5.74) is 4.21. The smallest absolute Gasteiger partial charge is 0.322 e. The van der Waals surface area contributed by atoms with Crippen LogP contribution in [-0.4, -0.2) is 37.1 Å². The summed E-state index contributed by atoms with van der Waals surface area (Å²) >= 11 is 12.2. The summed E-state index contributed by atoms with van der Waals surface area (Å²) in [7, 11) is 0. The van der Waals surface area contributed by atoms with Crippen molar-refractivity contribution in [2.45, 2.75) is 13.8 Å². The molecule has 0 aromatic heterocycles. The Labute approximate surface area is 158 Å². The first kappa shape index (κ1) is 17.9. The van der Waals surface area contributed by atoms with Crippen molar-refractivity contribution >= 4 is 40.6 Å². The lowest BCUT2D eigenvalue weighted by atomic mass is 10.1. The number of amides is 2. The van der Waals surface area contributed by atoms with E-state index in [9.17, 15) is 4.79 Å². The molecule has 0 radical (unpaired) electrons. The van der Waals surface area contributed by atoms with Crippen molar-refractivity contribution in [1.29, 1.82) is 0 Å². The van der Waals surface area contributed by atoms with Gasteiger partial charge in [0.1, 0.15) is 0 Å². The van der Waals surface area contributed by atoms with Gasteiger partial charge in [0.25, 0.3) is 0 Å². The molecule has 1 N–H and O–H groups in total. The van der Waals surface area contributed by atoms with Gasteiger partial charge < -0.3 is 15.1 Å². The maximum absolute atomic E-state index is 12.5. The summed E-state index contributed by atoms with van der Waals surface area (Å²) in [6, 6.07) is 11.5. The molecule has 0 spiro atoms. The number of benzene rings is 2. The lowest BCUT2D eigenvalue weighted by molar-refractivity contribution is 0.208. The molecule has 132 valence electrons. The fraction of sp³-hybridized carbons (Fsp3) is 0.316. The topological polar surface area (TPSA) is 35.6 Å². The highest BCUT2D eigenvalue weighted by molar-refractivity contribution is 6.39. The summed E-state index contributed by atoms with van der Waals surface area (Å²) in [4.78, 5) is 16.6. The fourth-order valence-electron chi connectivity index (χ4n) is 3.01. The van der Waals surface area contributed by atoms with Gasteiger partial charge in [0, 0.05) is 31.9 Å². The molecule has 0 aliphatic carbocycles. The van der Waals surface area contributed by atoms with Crippen LogP contribution in [-0.2, 0) is 0 Å². The lowest BCUT2D eigenvalue weighted by Crippen LogP contribution is -2.50. The normalized spacial score (nSPS) is 14.6. The molecule has 1 fully saturated rings. The van der Waals surface area contributed by atoms with Crippen molar-refractivity contribution < 1.29 is 4.79 Å². The summed E-state index contributed by atoms with van der Waals surface area (Å²) in [6.45, 7) is 7.12. The number of halogens is 2. The minimum Gasteiger partial charge on any atom is -0.368 e. The van der Waals surface area contributed by atoms with Crippen LogP contribution >= 0.6 is 23.2 Å². The highest BCUT2D eigenvalue weighted by atomic mass is 35.5. The third-order valence-electron chi connectivity index (χ3n) is 4.47. The third kappa shape index (κ3) is 4.02. The van der Waals surface area contributed by atoms with Crippen LogP contribution in [0.1, 0.15) is 11.1 Å². The highest BCUT2D eigenvalue weighted by Crippen LogP contribution is 2.30. The molecular formula is C19H21Cl2N3O. The molecule has 2 aromatic rings. The average molecular weight is 378 g/mol.